The van der Waals surface area contributed by atoms with Gasteiger partial charge in [0.25, 0.3) is 0 Å². The first-order chi connectivity index (χ1) is 14.1. The summed E-state index contributed by atoms with van der Waals surface area (Å²) in [4.78, 5) is 40.8. The van der Waals surface area contributed by atoms with Crippen LogP contribution in [0.25, 0.3) is 0 Å². The van der Waals surface area contributed by atoms with Gasteiger partial charge < -0.3 is 5.32 Å². The van der Waals surface area contributed by atoms with Crippen LogP contribution in [0.3, 0.4) is 0 Å². The smallest absolute Gasteiger partial charge is 0.234 e. The van der Waals surface area contributed by atoms with Gasteiger partial charge in [-0.05, 0) is 30.2 Å². The molecule has 8 heteroatoms. The molecule has 1 saturated heterocycles. The van der Waals surface area contributed by atoms with Gasteiger partial charge in [-0.25, -0.2) is 0 Å². The van der Waals surface area contributed by atoms with Gasteiger partial charge in [0, 0.05) is 0 Å². The highest BCUT2D eigenvalue weighted by Crippen LogP contribution is 2.51. The summed E-state index contributed by atoms with van der Waals surface area (Å²) < 4.78 is 0. The van der Waals surface area contributed by atoms with Gasteiger partial charge in [0.05, 0.1) is 24.3 Å². The van der Waals surface area contributed by atoms with Crippen LogP contribution in [0.2, 0.25) is 0 Å². The van der Waals surface area contributed by atoms with E-state index < -0.39 is 6.04 Å². The number of fused-ring (bicyclic) bond motifs is 1. The molecule has 1 N–H and O–H groups in total. The number of carbonyl (C=O) groups excluding carboxylic acids is 3. The second-order valence-corrected chi connectivity index (χ2v) is 8.64. The summed E-state index contributed by atoms with van der Waals surface area (Å²) in [5.74, 6) is -0.913. The van der Waals surface area contributed by atoms with Crippen LogP contribution in [-0.4, -0.2) is 32.8 Å². The number of imide groups is 1. The Hall–Kier alpha value is -2.87. The number of carbonyl (C=O) groups is 3. The molecule has 2 aromatic rings. The average Bonchev–Trinajstić information content (AvgIpc) is 3.35. The third-order valence-corrected chi connectivity index (χ3v) is 6.88. The Balaban J connectivity index is 1.46. The van der Waals surface area contributed by atoms with Crippen LogP contribution in [0, 0.1) is 23.7 Å². The quantitative estimate of drug-likeness (QED) is 0.607. The molecule has 2 fully saturated rings. The molecule has 4 aliphatic rings. The van der Waals surface area contributed by atoms with Crippen LogP contribution in [0.4, 0.5) is 5.13 Å². The largest absolute Gasteiger partial charge is 0.300 e. The topological polar surface area (TPSA) is 92.3 Å². The summed E-state index contributed by atoms with van der Waals surface area (Å²) in [5.41, 5.74) is 2.31. The predicted octanol–water partition coefficient (Wildman–Crippen LogP) is 2.81. The standard InChI is InChI=1S/C21H20N4O3S/c26-16(23-21-24-22-11-29-21)10-15(12-4-2-1-3-5-12)25-19(27)17-13-6-7-14(9-8-13)18(17)20(25)28/h1-7,11,13-15,17-18H,8-10H2,(H,23,24,26)/t13-,14-,15+,17+,18+/m0/s1. The van der Waals surface area contributed by atoms with Crippen molar-refractivity contribution in [3.63, 3.8) is 0 Å². The molecule has 0 unspecified atom stereocenters. The molecule has 0 spiro atoms. The number of nitrogens with one attached hydrogen (secondary N) is 1. The minimum atomic E-state index is -0.630. The molecule has 7 nitrogen and oxygen atoms in total. The lowest BCUT2D eigenvalue weighted by atomic mass is 9.63. The lowest BCUT2D eigenvalue weighted by Gasteiger charge is -2.38. The van der Waals surface area contributed by atoms with Crippen molar-refractivity contribution >= 4 is 34.2 Å². The lowest BCUT2D eigenvalue weighted by molar-refractivity contribution is -0.143. The number of benzene rings is 1. The first-order valence-electron chi connectivity index (χ1n) is 9.79. The maximum atomic E-state index is 13.4. The zero-order valence-corrected chi connectivity index (χ0v) is 16.4. The molecule has 1 aromatic carbocycles. The summed E-state index contributed by atoms with van der Waals surface area (Å²) >= 11 is 1.22. The lowest BCUT2D eigenvalue weighted by Crippen LogP contribution is -2.38. The van der Waals surface area contributed by atoms with E-state index in [0.29, 0.717) is 5.13 Å². The molecule has 0 radical (unpaired) electrons. The van der Waals surface area contributed by atoms with E-state index in [2.05, 4.69) is 27.7 Å². The molecular weight excluding hydrogens is 388 g/mol. The van der Waals surface area contributed by atoms with Gasteiger partial charge in [0.1, 0.15) is 5.51 Å². The number of nitrogens with zero attached hydrogens (tertiary/aromatic N) is 3. The molecule has 2 heterocycles. The van der Waals surface area contributed by atoms with Gasteiger partial charge in [-0.15, -0.1) is 10.2 Å². The number of aromatic nitrogens is 2. The molecule has 3 amide bonds. The Morgan fingerprint density at radius 1 is 1.10 bits per heavy atom. The first kappa shape index (κ1) is 18.2. The van der Waals surface area contributed by atoms with Crippen molar-refractivity contribution in [1.82, 2.24) is 15.1 Å². The van der Waals surface area contributed by atoms with E-state index in [1.54, 1.807) is 0 Å². The Bertz CT molecular complexity index is 943. The van der Waals surface area contributed by atoms with E-state index in [1.165, 1.54) is 21.7 Å². The fraction of sp³-hybridized carbons (Fsp3) is 0.381. The van der Waals surface area contributed by atoms with E-state index in [4.69, 9.17) is 0 Å². The molecule has 1 saturated carbocycles. The molecule has 29 heavy (non-hydrogen) atoms. The van der Waals surface area contributed by atoms with Crippen molar-refractivity contribution in [3.05, 3.63) is 53.6 Å². The summed E-state index contributed by atoms with van der Waals surface area (Å²) in [6.45, 7) is 0. The second kappa shape index (κ2) is 7.18. The predicted molar refractivity (Wildman–Crippen MR) is 107 cm³/mol. The SMILES string of the molecule is O=C(C[C@H](c1ccccc1)N1C(=O)[C@H]2[C@H](C1=O)[C@H]1C=C[C@H]2CC1)Nc1nncs1. The van der Waals surface area contributed by atoms with E-state index in [-0.39, 0.29) is 47.8 Å². The number of rotatable bonds is 5. The number of hydrogen-bond acceptors (Lipinski definition) is 6. The second-order valence-electron chi connectivity index (χ2n) is 7.81. The molecule has 3 aliphatic carbocycles. The highest BCUT2D eigenvalue weighted by molar-refractivity contribution is 7.13. The third kappa shape index (κ3) is 3.07. The number of likely N-dealkylation sites (tertiary alicyclic amines) is 1. The van der Waals surface area contributed by atoms with E-state index in [1.807, 2.05) is 30.3 Å². The number of hydrogen-bond donors (Lipinski definition) is 1. The van der Waals surface area contributed by atoms with Gasteiger partial charge in [-0.1, -0.05) is 53.8 Å². The van der Waals surface area contributed by atoms with Crippen molar-refractivity contribution in [1.29, 1.82) is 0 Å². The van der Waals surface area contributed by atoms with Crippen LogP contribution in [0.1, 0.15) is 30.9 Å². The first-order valence-corrected chi connectivity index (χ1v) is 10.7. The zero-order valence-electron chi connectivity index (χ0n) is 15.6. The van der Waals surface area contributed by atoms with Crippen LogP contribution in [-0.2, 0) is 14.4 Å². The molecular formula is C21H20N4O3S. The fourth-order valence-corrected chi connectivity index (χ4v) is 5.47. The van der Waals surface area contributed by atoms with Crippen LogP contribution >= 0.6 is 11.3 Å². The van der Waals surface area contributed by atoms with Crippen molar-refractivity contribution in [3.8, 4) is 0 Å². The van der Waals surface area contributed by atoms with Crippen LogP contribution in [0.5, 0.6) is 0 Å². The summed E-state index contributed by atoms with van der Waals surface area (Å²) in [7, 11) is 0. The Kier molecular flexibility index (Phi) is 4.50. The molecule has 1 aliphatic heterocycles. The summed E-state index contributed by atoms with van der Waals surface area (Å²) in [5, 5.41) is 10.7. The monoisotopic (exact) mass is 408 g/mol. The molecule has 1 aromatic heterocycles. The minimum absolute atomic E-state index is 0.0106. The van der Waals surface area contributed by atoms with Crippen molar-refractivity contribution in [2.75, 3.05) is 5.32 Å². The number of anilines is 1. The zero-order chi connectivity index (χ0) is 20.0. The highest BCUT2D eigenvalue weighted by atomic mass is 32.1. The molecule has 2 bridgehead atoms. The molecule has 6 rings (SSSR count). The van der Waals surface area contributed by atoms with Crippen molar-refractivity contribution < 1.29 is 14.4 Å². The van der Waals surface area contributed by atoms with E-state index in [0.717, 1.165) is 18.4 Å². The fourth-order valence-electron chi connectivity index (χ4n) is 5.01. The normalized spacial score (nSPS) is 28.5. The van der Waals surface area contributed by atoms with Gasteiger partial charge >= 0.3 is 0 Å². The maximum Gasteiger partial charge on any atom is 0.234 e. The number of allylic oxidation sites excluding steroid dienone is 2. The van der Waals surface area contributed by atoms with Crippen molar-refractivity contribution in [2.45, 2.75) is 25.3 Å². The van der Waals surface area contributed by atoms with Crippen LogP contribution in [0.15, 0.2) is 48.0 Å². The summed E-state index contributed by atoms with van der Waals surface area (Å²) in [6.07, 6.45) is 6.09. The Labute approximate surface area is 171 Å². The van der Waals surface area contributed by atoms with E-state index >= 15 is 0 Å². The molecule has 148 valence electrons. The van der Waals surface area contributed by atoms with Gasteiger partial charge in [-0.2, -0.15) is 0 Å². The third-order valence-electron chi connectivity index (χ3n) is 6.27. The Morgan fingerprint density at radius 3 is 2.31 bits per heavy atom. The van der Waals surface area contributed by atoms with E-state index in [9.17, 15) is 14.4 Å². The van der Waals surface area contributed by atoms with Gasteiger partial charge in [-0.3, -0.25) is 19.3 Å². The average molecular weight is 408 g/mol. The minimum Gasteiger partial charge on any atom is -0.300 e. The van der Waals surface area contributed by atoms with Crippen molar-refractivity contribution in [2.24, 2.45) is 23.7 Å². The summed E-state index contributed by atoms with van der Waals surface area (Å²) in [6, 6.07) is 8.67. The van der Waals surface area contributed by atoms with Gasteiger partial charge in [0.2, 0.25) is 22.9 Å². The van der Waals surface area contributed by atoms with Crippen LogP contribution < -0.4 is 5.32 Å². The highest BCUT2D eigenvalue weighted by Gasteiger charge is 2.58. The van der Waals surface area contributed by atoms with Gasteiger partial charge in [0.15, 0.2) is 0 Å². The maximum absolute atomic E-state index is 13.4. The molecule has 5 atom stereocenters. The number of amides is 3. The Morgan fingerprint density at radius 2 is 1.76 bits per heavy atom.